The van der Waals surface area contributed by atoms with Gasteiger partial charge in [0, 0.05) is 30.0 Å². The lowest BCUT2D eigenvalue weighted by atomic mass is 9.62. The average Bonchev–Trinajstić information content (AvgIpc) is 3.83. The molecule has 4 aromatic rings. The van der Waals surface area contributed by atoms with E-state index in [4.69, 9.17) is 8.85 Å². The molecule has 2 unspecified atom stereocenters. The molecule has 0 spiro atoms. The van der Waals surface area contributed by atoms with Crippen molar-refractivity contribution in [1.82, 2.24) is 19.6 Å². The number of carbonyl (C=O) groups is 2. The fourth-order valence-corrected chi connectivity index (χ4v) is 11.4. The molecule has 63 heavy (non-hydrogen) atoms. The summed E-state index contributed by atoms with van der Waals surface area (Å²) in [5.74, 6) is -1.53. The standard InChI is InChI=1S/C25H33FN2O3Si.C25H33FN2O2Si/c1-24(2,3)32(4,5)31-16-25-13-17(23(29)30)6-7-19(25)12-22-18(14-25)15-27-28(22)21-10-8-20(26)9-11-21;1-24(2,3)31(4,5)30-17-25-13-18(16-29)6-7-20(25)12-23-19(14-25)15-27-28(23)22-10-8-21(26)9-11-22/h8-12,15,17H,6-7,13-14,16H2,1-5H3,(H,29,30);8-12,15-16,18H,6-7,13-14,17H2,1-5H3/t17?,25-;18?,25-/m00/s1. The normalized spacial score (nSPS) is 23.5. The van der Waals surface area contributed by atoms with E-state index in [1.54, 1.807) is 24.3 Å². The van der Waals surface area contributed by atoms with Crippen LogP contribution in [-0.4, -0.2) is 66.8 Å². The predicted molar refractivity (Wildman–Crippen MR) is 250 cm³/mol. The van der Waals surface area contributed by atoms with E-state index in [-0.39, 0.29) is 44.4 Å². The van der Waals surface area contributed by atoms with Gasteiger partial charge in [0.05, 0.1) is 41.1 Å². The van der Waals surface area contributed by atoms with Gasteiger partial charge in [0.1, 0.15) is 17.9 Å². The largest absolute Gasteiger partial charge is 0.481 e. The third-order valence-electron chi connectivity index (χ3n) is 15.4. The van der Waals surface area contributed by atoms with Gasteiger partial charge in [-0.05, 0) is 159 Å². The maximum Gasteiger partial charge on any atom is 0.306 e. The number of hydrogen-bond donors (Lipinski definition) is 1. The number of aliphatic carboxylic acids is 1. The first-order valence-corrected chi connectivity index (χ1v) is 28.3. The summed E-state index contributed by atoms with van der Waals surface area (Å²) in [7, 11) is -3.91. The fourth-order valence-electron chi connectivity index (χ4n) is 9.26. The van der Waals surface area contributed by atoms with Gasteiger partial charge in [0.2, 0.25) is 0 Å². The van der Waals surface area contributed by atoms with Crippen LogP contribution in [0.25, 0.3) is 23.5 Å². The zero-order valence-corrected chi connectivity index (χ0v) is 40.9. The number of carboxylic acids is 1. The Balaban J connectivity index is 0.000000189. The van der Waals surface area contributed by atoms with Crippen molar-refractivity contribution < 1.29 is 32.3 Å². The van der Waals surface area contributed by atoms with Gasteiger partial charge < -0.3 is 18.8 Å². The first-order valence-electron chi connectivity index (χ1n) is 22.5. The maximum absolute atomic E-state index is 13.4. The van der Waals surface area contributed by atoms with Crippen molar-refractivity contribution in [3.05, 3.63) is 106 Å². The number of benzene rings is 2. The van der Waals surface area contributed by atoms with Crippen molar-refractivity contribution in [2.75, 3.05) is 13.2 Å². The van der Waals surface area contributed by atoms with Gasteiger partial charge >= 0.3 is 5.97 Å². The second-order valence-electron chi connectivity index (χ2n) is 21.7. The number of aromatic nitrogens is 4. The zero-order valence-electron chi connectivity index (χ0n) is 38.9. The maximum atomic E-state index is 13.4. The van der Waals surface area contributed by atoms with Crippen LogP contribution in [0.1, 0.15) is 103 Å². The van der Waals surface area contributed by atoms with Crippen molar-refractivity contribution in [3.63, 3.8) is 0 Å². The van der Waals surface area contributed by atoms with Crippen LogP contribution in [-0.2, 0) is 31.3 Å². The Morgan fingerprint density at radius 3 is 1.54 bits per heavy atom. The molecule has 2 heterocycles. The van der Waals surface area contributed by atoms with Crippen molar-refractivity contribution in [2.24, 2.45) is 22.7 Å². The number of hydrogen-bond acceptors (Lipinski definition) is 6. The van der Waals surface area contributed by atoms with Crippen LogP contribution < -0.4 is 0 Å². The Hall–Kier alpha value is -4.31. The monoisotopic (exact) mass is 896 g/mol. The molecule has 4 aliphatic rings. The molecule has 2 aromatic heterocycles. The van der Waals surface area contributed by atoms with Crippen molar-refractivity contribution in [1.29, 1.82) is 0 Å². The van der Waals surface area contributed by atoms with Crippen LogP contribution in [0.3, 0.4) is 0 Å². The second-order valence-corrected chi connectivity index (χ2v) is 31.3. The Morgan fingerprint density at radius 2 is 1.14 bits per heavy atom. The van der Waals surface area contributed by atoms with E-state index in [1.807, 2.05) is 21.8 Å². The van der Waals surface area contributed by atoms with Crippen LogP contribution in [0, 0.1) is 34.3 Å². The molecule has 2 aromatic carbocycles. The minimum atomic E-state index is -2.00. The highest BCUT2D eigenvalue weighted by Gasteiger charge is 2.49. The van der Waals surface area contributed by atoms with Gasteiger partial charge in [0.15, 0.2) is 16.6 Å². The first kappa shape index (κ1) is 46.7. The molecule has 2 fully saturated rings. The van der Waals surface area contributed by atoms with Crippen molar-refractivity contribution in [2.45, 2.75) is 129 Å². The number of carbonyl (C=O) groups excluding carboxylic acids is 1. The first-order chi connectivity index (χ1) is 29.5. The molecule has 8 rings (SSSR count). The van der Waals surface area contributed by atoms with Gasteiger partial charge in [-0.25, -0.2) is 18.1 Å². The molecule has 2 saturated carbocycles. The summed E-state index contributed by atoms with van der Waals surface area (Å²) in [4.78, 5) is 23.6. The lowest BCUT2D eigenvalue weighted by Crippen LogP contribution is -2.47. The highest BCUT2D eigenvalue weighted by molar-refractivity contribution is 6.74. The van der Waals surface area contributed by atoms with E-state index < -0.39 is 22.6 Å². The van der Waals surface area contributed by atoms with Gasteiger partial charge in [-0.15, -0.1) is 0 Å². The number of aldehydes is 1. The third kappa shape index (κ3) is 9.44. The molecule has 4 aliphatic carbocycles. The summed E-state index contributed by atoms with van der Waals surface area (Å²) >= 11 is 0. The van der Waals surface area contributed by atoms with Crippen molar-refractivity contribution in [3.8, 4) is 11.4 Å². The molecule has 0 amide bonds. The summed E-state index contributed by atoms with van der Waals surface area (Å²) in [6.07, 6.45) is 15.5. The Kier molecular flexibility index (Phi) is 12.8. The molecule has 4 atom stereocenters. The minimum absolute atomic E-state index is 0.0776. The molecule has 0 aliphatic heterocycles. The van der Waals surface area contributed by atoms with E-state index in [9.17, 15) is 23.5 Å². The summed E-state index contributed by atoms with van der Waals surface area (Å²) in [5, 5.41) is 19.2. The van der Waals surface area contributed by atoms with E-state index in [2.05, 4.69) is 90.1 Å². The van der Waals surface area contributed by atoms with E-state index in [0.717, 1.165) is 66.7 Å². The smallest absolute Gasteiger partial charge is 0.306 e. The second kappa shape index (κ2) is 17.2. The molecular weight excluding hydrogens is 831 g/mol. The molecule has 13 heteroatoms. The van der Waals surface area contributed by atoms with E-state index >= 15 is 0 Å². The Labute approximate surface area is 374 Å². The van der Waals surface area contributed by atoms with Crippen LogP contribution in [0.5, 0.6) is 0 Å². The van der Waals surface area contributed by atoms with Crippen molar-refractivity contribution >= 4 is 41.0 Å². The zero-order chi connectivity index (χ0) is 45.8. The lowest BCUT2D eigenvalue weighted by Gasteiger charge is -2.47. The highest BCUT2D eigenvalue weighted by atomic mass is 28.4. The quantitative estimate of drug-likeness (QED) is 0.125. The number of carboxylic acid groups (broad SMARTS) is 1. The van der Waals surface area contributed by atoms with Gasteiger partial charge in [0.25, 0.3) is 0 Å². The lowest BCUT2D eigenvalue weighted by molar-refractivity contribution is -0.144. The molecule has 0 bridgehead atoms. The van der Waals surface area contributed by atoms with Crippen LogP contribution in [0.4, 0.5) is 8.78 Å². The number of rotatable bonds is 10. The highest BCUT2D eigenvalue weighted by Crippen LogP contribution is 2.53. The Bertz CT molecular complexity index is 2390. The fraction of sp³-hybridized carbons (Fsp3) is 0.520. The van der Waals surface area contributed by atoms with Crippen LogP contribution in [0.2, 0.25) is 36.3 Å². The molecular formula is C50H66F2N4O5Si2. The van der Waals surface area contributed by atoms with Gasteiger partial charge in [-0.2, -0.15) is 10.2 Å². The SMILES string of the molecule is CC(C)(C)[Si](C)(C)OC[C@]12Cc3cnn(-c4ccc(F)cc4)c3C=C1CCC(C(=O)O)C2.CC(C)(C)[Si](C)(C)OC[C@]12Cc3cnn(-c4ccc(F)cc4)c3C=C1CCC(C=O)C2. The number of halogens is 2. The van der Waals surface area contributed by atoms with Gasteiger partial charge in [-0.3, -0.25) is 4.79 Å². The molecule has 0 radical (unpaired) electrons. The molecule has 338 valence electrons. The average molecular weight is 897 g/mol. The summed E-state index contributed by atoms with van der Waals surface area (Å²) in [6.45, 7) is 23.7. The minimum Gasteiger partial charge on any atom is -0.481 e. The molecule has 9 nitrogen and oxygen atoms in total. The molecule has 0 saturated heterocycles. The number of nitrogens with zero attached hydrogens (tertiary/aromatic N) is 4. The van der Waals surface area contributed by atoms with Gasteiger partial charge in [-0.1, -0.05) is 52.7 Å². The Morgan fingerprint density at radius 1 is 0.730 bits per heavy atom. The van der Waals surface area contributed by atoms with Crippen LogP contribution in [0.15, 0.2) is 72.1 Å². The van der Waals surface area contributed by atoms with E-state index in [0.29, 0.717) is 32.5 Å². The summed E-state index contributed by atoms with van der Waals surface area (Å²) < 4.78 is 43.9. The number of fused-ring (bicyclic) bond motifs is 4. The summed E-state index contributed by atoms with van der Waals surface area (Å²) in [5.41, 5.74) is 8.13. The topological polar surface area (TPSA) is 108 Å². The third-order valence-corrected chi connectivity index (χ3v) is 24.3. The summed E-state index contributed by atoms with van der Waals surface area (Å²) in [6, 6.07) is 12.8. The van der Waals surface area contributed by atoms with E-state index in [1.165, 1.54) is 41.0 Å². The predicted octanol–water partition coefficient (Wildman–Crippen LogP) is 11.8. The van der Waals surface area contributed by atoms with Crippen LogP contribution >= 0.6 is 0 Å². The molecule has 1 N–H and O–H groups in total.